The zero-order valence-electron chi connectivity index (χ0n) is 8.58. The van der Waals surface area contributed by atoms with Gasteiger partial charge in [0.05, 0.1) is 11.5 Å². The van der Waals surface area contributed by atoms with Crippen molar-refractivity contribution in [3.8, 4) is 0 Å². The van der Waals surface area contributed by atoms with Gasteiger partial charge in [-0.2, -0.15) is 0 Å². The van der Waals surface area contributed by atoms with Crippen molar-refractivity contribution in [3.05, 3.63) is 12.7 Å². The van der Waals surface area contributed by atoms with Gasteiger partial charge in [0.1, 0.15) is 5.78 Å². The lowest BCUT2D eigenvalue weighted by atomic mass is 9.86. The summed E-state index contributed by atoms with van der Waals surface area (Å²) in [5.41, 5.74) is -0.598. The van der Waals surface area contributed by atoms with E-state index in [1.54, 1.807) is 6.08 Å². The van der Waals surface area contributed by atoms with Crippen molar-refractivity contribution in [3.63, 3.8) is 0 Å². The van der Waals surface area contributed by atoms with E-state index in [4.69, 9.17) is 0 Å². The van der Waals surface area contributed by atoms with Crippen molar-refractivity contribution in [1.29, 1.82) is 0 Å². The number of aliphatic hydroxyl groups is 1. The smallest absolute Gasteiger partial charge is 0.144 e. The van der Waals surface area contributed by atoms with Crippen molar-refractivity contribution in [1.82, 2.24) is 0 Å². The Kier molecular flexibility index (Phi) is 2.62. The van der Waals surface area contributed by atoms with Crippen LogP contribution >= 0.6 is 0 Å². The van der Waals surface area contributed by atoms with Crippen LogP contribution in [-0.4, -0.2) is 17.0 Å². The second-order valence-corrected chi connectivity index (χ2v) is 4.36. The molecule has 2 nitrogen and oxygen atoms in total. The molecule has 1 rings (SSSR count). The van der Waals surface area contributed by atoms with Crippen LogP contribution in [0.25, 0.3) is 0 Å². The molecular weight excluding hydrogens is 164 g/mol. The fraction of sp³-hybridized carbons (Fsp3) is 0.727. The molecule has 0 spiro atoms. The molecule has 0 unspecified atom stereocenters. The summed E-state index contributed by atoms with van der Waals surface area (Å²) < 4.78 is 0. The van der Waals surface area contributed by atoms with Gasteiger partial charge >= 0.3 is 0 Å². The first-order valence-corrected chi connectivity index (χ1v) is 4.81. The van der Waals surface area contributed by atoms with Gasteiger partial charge in [-0.3, -0.25) is 4.79 Å². The summed E-state index contributed by atoms with van der Waals surface area (Å²) in [4.78, 5) is 11.8. The lowest BCUT2D eigenvalue weighted by Crippen LogP contribution is -2.31. The fourth-order valence-electron chi connectivity index (χ4n) is 2.25. The summed E-state index contributed by atoms with van der Waals surface area (Å²) in [6, 6.07) is 0. The van der Waals surface area contributed by atoms with E-state index in [-0.39, 0.29) is 17.6 Å². The number of ketones is 1. The predicted molar refractivity (Wildman–Crippen MR) is 52.3 cm³/mol. The summed E-state index contributed by atoms with van der Waals surface area (Å²) in [6.07, 6.45) is 1.93. The van der Waals surface area contributed by atoms with Crippen molar-refractivity contribution in [2.75, 3.05) is 0 Å². The summed E-state index contributed by atoms with van der Waals surface area (Å²) in [5.74, 6) is 0.0717. The molecule has 1 aliphatic carbocycles. The quantitative estimate of drug-likeness (QED) is 0.661. The molecule has 3 atom stereocenters. The molecule has 0 aliphatic heterocycles. The van der Waals surface area contributed by atoms with E-state index < -0.39 is 11.5 Å². The highest BCUT2D eigenvalue weighted by atomic mass is 16.3. The van der Waals surface area contributed by atoms with Crippen LogP contribution in [0.3, 0.4) is 0 Å². The van der Waals surface area contributed by atoms with E-state index >= 15 is 0 Å². The minimum atomic E-state index is -0.598. The van der Waals surface area contributed by atoms with Gasteiger partial charge in [-0.1, -0.05) is 26.8 Å². The predicted octanol–water partition coefficient (Wildman–Crippen LogP) is 1.78. The molecule has 1 saturated carbocycles. The van der Waals surface area contributed by atoms with E-state index in [1.165, 1.54) is 0 Å². The molecule has 74 valence electrons. The average Bonchev–Trinajstić information content (AvgIpc) is 2.26. The number of carbonyl (C=O) groups excluding carboxylic acids is 1. The molecule has 0 heterocycles. The molecule has 0 aromatic carbocycles. The fourth-order valence-corrected chi connectivity index (χ4v) is 2.25. The Hall–Kier alpha value is -0.630. The topological polar surface area (TPSA) is 37.3 Å². The Labute approximate surface area is 79.6 Å². The van der Waals surface area contributed by atoms with Crippen LogP contribution in [0.5, 0.6) is 0 Å². The number of hydrogen-bond acceptors (Lipinski definition) is 2. The standard InChI is InChI=1S/C11H18O2/c1-5-7-8(6-2)10(13)11(3,4)9(7)12/h5,7-9,12H,1,6H2,2-4H3/t7-,8-,9+/m1/s1. The Morgan fingerprint density at radius 3 is 2.46 bits per heavy atom. The molecule has 0 radical (unpaired) electrons. The third-order valence-corrected chi connectivity index (χ3v) is 3.25. The maximum absolute atomic E-state index is 11.8. The molecule has 1 N–H and O–H groups in total. The number of Topliss-reactive ketones (excluding diaryl/α,β-unsaturated/α-hetero) is 1. The second kappa shape index (κ2) is 3.26. The minimum Gasteiger partial charge on any atom is -0.391 e. The van der Waals surface area contributed by atoms with Crippen LogP contribution in [0.1, 0.15) is 27.2 Å². The monoisotopic (exact) mass is 182 g/mol. The van der Waals surface area contributed by atoms with Gasteiger partial charge in [-0.15, -0.1) is 6.58 Å². The average molecular weight is 182 g/mol. The van der Waals surface area contributed by atoms with Crippen LogP contribution in [0.4, 0.5) is 0 Å². The highest BCUT2D eigenvalue weighted by Gasteiger charge is 2.52. The van der Waals surface area contributed by atoms with Crippen LogP contribution in [-0.2, 0) is 4.79 Å². The highest BCUT2D eigenvalue weighted by molar-refractivity contribution is 5.90. The van der Waals surface area contributed by atoms with E-state index in [0.717, 1.165) is 6.42 Å². The molecule has 0 bridgehead atoms. The molecule has 0 aromatic rings. The minimum absolute atomic E-state index is 0.0394. The van der Waals surface area contributed by atoms with Crippen molar-refractivity contribution >= 4 is 5.78 Å². The van der Waals surface area contributed by atoms with Gasteiger partial charge in [0.15, 0.2) is 0 Å². The Balaban J connectivity index is 3.02. The lowest BCUT2D eigenvalue weighted by Gasteiger charge is -2.22. The van der Waals surface area contributed by atoms with Crippen LogP contribution in [0, 0.1) is 17.3 Å². The molecule has 1 fully saturated rings. The normalized spacial score (nSPS) is 37.8. The first-order valence-electron chi connectivity index (χ1n) is 4.81. The van der Waals surface area contributed by atoms with Crippen molar-refractivity contribution < 1.29 is 9.90 Å². The number of rotatable bonds is 2. The molecule has 1 aliphatic rings. The van der Waals surface area contributed by atoms with E-state index in [2.05, 4.69) is 6.58 Å². The van der Waals surface area contributed by atoms with Gasteiger partial charge < -0.3 is 5.11 Å². The van der Waals surface area contributed by atoms with Gasteiger partial charge in [-0.25, -0.2) is 0 Å². The molecular formula is C11H18O2. The summed E-state index contributed by atoms with van der Waals surface area (Å²) >= 11 is 0. The largest absolute Gasteiger partial charge is 0.391 e. The molecule has 13 heavy (non-hydrogen) atoms. The lowest BCUT2D eigenvalue weighted by molar-refractivity contribution is -0.129. The number of aliphatic hydroxyl groups excluding tert-OH is 1. The number of carbonyl (C=O) groups is 1. The second-order valence-electron chi connectivity index (χ2n) is 4.36. The van der Waals surface area contributed by atoms with Crippen LogP contribution < -0.4 is 0 Å². The van der Waals surface area contributed by atoms with E-state index in [1.807, 2.05) is 20.8 Å². The van der Waals surface area contributed by atoms with Crippen LogP contribution in [0.15, 0.2) is 12.7 Å². The summed E-state index contributed by atoms with van der Waals surface area (Å²) in [6.45, 7) is 9.28. The van der Waals surface area contributed by atoms with Gasteiger partial charge in [0.25, 0.3) is 0 Å². The third kappa shape index (κ3) is 1.33. The summed E-state index contributed by atoms with van der Waals surface area (Å²) in [5, 5.41) is 9.90. The Morgan fingerprint density at radius 2 is 2.15 bits per heavy atom. The molecule has 0 aromatic heterocycles. The summed E-state index contributed by atoms with van der Waals surface area (Å²) in [7, 11) is 0. The maximum Gasteiger partial charge on any atom is 0.144 e. The van der Waals surface area contributed by atoms with Crippen molar-refractivity contribution in [2.45, 2.75) is 33.3 Å². The van der Waals surface area contributed by atoms with Crippen LogP contribution in [0.2, 0.25) is 0 Å². The van der Waals surface area contributed by atoms with Gasteiger partial charge in [-0.05, 0) is 6.42 Å². The van der Waals surface area contributed by atoms with Gasteiger partial charge in [0, 0.05) is 11.8 Å². The highest BCUT2D eigenvalue weighted by Crippen LogP contribution is 2.43. The Bertz CT molecular complexity index is 230. The first kappa shape index (κ1) is 10.5. The van der Waals surface area contributed by atoms with Gasteiger partial charge in [0.2, 0.25) is 0 Å². The first-order chi connectivity index (χ1) is 5.96. The van der Waals surface area contributed by atoms with E-state index in [0.29, 0.717) is 0 Å². The van der Waals surface area contributed by atoms with E-state index in [9.17, 15) is 9.90 Å². The maximum atomic E-state index is 11.8. The zero-order valence-corrected chi connectivity index (χ0v) is 8.58. The molecule has 2 heteroatoms. The zero-order chi connectivity index (χ0) is 10.2. The SMILES string of the molecule is C=C[C@@H]1[C@@H](CC)C(=O)C(C)(C)[C@H]1O. The number of hydrogen-bond donors (Lipinski definition) is 1. The third-order valence-electron chi connectivity index (χ3n) is 3.25. The molecule has 0 amide bonds. The Morgan fingerprint density at radius 1 is 1.62 bits per heavy atom. The molecule has 0 saturated heterocycles. The van der Waals surface area contributed by atoms with Crippen molar-refractivity contribution in [2.24, 2.45) is 17.3 Å².